The van der Waals surface area contributed by atoms with Gasteiger partial charge in [0.25, 0.3) is 5.91 Å². The predicted molar refractivity (Wildman–Crippen MR) is 94.0 cm³/mol. The number of rotatable bonds is 5. The van der Waals surface area contributed by atoms with E-state index in [0.29, 0.717) is 11.5 Å². The Hall–Kier alpha value is -2.47. The van der Waals surface area contributed by atoms with Crippen LogP contribution in [0.15, 0.2) is 35.8 Å². The summed E-state index contributed by atoms with van der Waals surface area (Å²) in [5.41, 5.74) is 8.81. The van der Waals surface area contributed by atoms with E-state index in [-0.39, 0.29) is 5.69 Å². The molecule has 0 saturated heterocycles. The van der Waals surface area contributed by atoms with E-state index < -0.39 is 5.91 Å². The van der Waals surface area contributed by atoms with Crippen LogP contribution in [0.3, 0.4) is 0 Å². The number of nitrogens with zero attached hydrogens (tertiary/aromatic N) is 3. The van der Waals surface area contributed by atoms with E-state index in [1.54, 1.807) is 17.5 Å². The van der Waals surface area contributed by atoms with Crippen LogP contribution in [0.1, 0.15) is 24.3 Å². The average molecular weight is 326 g/mol. The standard InChI is InChI=1S/C17H18N4OS/c1-3-21(4-2)17-19-9-13(15(20-17)16(18)22)14-8-11-6-5-7-12(11)10-23-14/h5-10H,3-4H2,1-2H3,(H2,18,22). The van der Waals surface area contributed by atoms with Gasteiger partial charge in [-0.15, -0.1) is 11.3 Å². The largest absolute Gasteiger partial charge is 0.364 e. The van der Waals surface area contributed by atoms with Crippen LogP contribution in [-0.4, -0.2) is 29.0 Å². The second-order valence-electron chi connectivity index (χ2n) is 5.15. The number of hydrogen-bond acceptors (Lipinski definition) is 5. The highest BCUT2D eigenvalue weighted by molar-refractivity contribution is 7.13. The lowest BCUT2D eigenvalue weighted by Crippen LogP contribution is -2.26. The van der Waals surface area contributed by atoms with Gasteiger partial charge < -0.3 is 10.6 Å². The summed E-state index contributed by atoms with van der Waals surface area (Å²) in [7, 11) is 0. The summed E-state index contributed by atoms with van der Waals surface area (Å²) in [6, 6.07) is 8.16. The second-order valence-corrected chi connectivity index (χ2v) is 6.06. The molecule has 2 heterocycles. The monoisotopic (exact) mass is 326 g/mol. The third kappa shape index (κ3) is 2.90. The zero-order valence-corrected chi connectivity index (χ0v) is 13.9. The SMILES string of the molecule is CCN(CC)c1ncc(-c2cc3cccc-3cs2)c(C(N)=O)n1. The lowest BCUT2D eigenvalue weighted by Gasteiger charge is -2.19. The summed E-state index contributed by atoms with van der Waals surface area (Å²) in [6.07, 6.45) is 1.70. The van der Waals surface area contributed by atoms with Gasteiger partial charge in [-0.25, -0.2) is 9.97 Å². The molecule has 23 heavy (non-hydrogen) atoms. The lowest BCUT2D eigenvalue weighted by atomic mass is 10.1. The van der Waals surface area contributed by atoms with Crippen LogP contribution in [0.4, 0.5) is 5.95 Å². The van der Waals surface area contributed by atoms with Crippen LogP contribution in [0.25, 0.3) is 21.6 Å². The highest BCUT2D eigenvalue weighted by Crippen LogP contribution is 2.34. The van der Waals surface area contributed by atoms with E-state index >= 15 is 0 Å². The Labute approximate surface area is 139 Å². The molecule has 0 unspecified atom stereocenters. The first-order chi connectivity index (χ1) is 11.1. The molecule has 1 aliphatic heterocycles. The van der Waals surface area contributed by atoms with Crippen molar-refractivity contribution >= 4 is 23.2 Å². The van der Waals surface area contributed by atoms with Crippen LogP contribution in [0.5, 0.6) is 0 Å². The third-order valence-corrected chi connectivity index (χ3v) is 4.77. The van der Waals surface area contributed by atoms with Crippen molar-refractivity contribution in [3.8, 4) is 21.6 Å². The number of amides is 1. The minimum Gasteiger partial charge on any atom is -0.364 e. The number of hydrogen-bond donors (Lipinski definition) is 1. The van der Waals surface area contributed by atoms with E-state index in [1.807, 2.05) is 36.9 Å². The summed E-state index contributed by atoms with van der Waals surface area (Å²) in [4.78, 5) is 23.6. The van der Waals surface area contributed by atoms with Crippen molar-refractivity contribution in [3.05, 3.63) is 41.5 Å². The van der Waals surface area contributed by atoms with Gasteiger partial charge in [0, 0.05) is 29.7 Å². The maximum Gasteiger partial charge on any atom is 0.268 e. The summed E-state index contributed by atoms with van der Waals surface area (Å²) in [6.45, 7) is 5.60. The van der Waals surface area contributed by atoms with Crippen LogP contribution >= 0.6 is 11.3 Å². The third-order valence-electron chi connectivity index (χ3n) is 3.81. The molecule has 5 nitrogen and oxygen atoms in total. The summed E-state index contributed by atoms with van der Waals surface area (Å²) >= 11 is 1.56. The summed E-state index contributed by atoms with van der Waals surface area (Å²) < 4.78 is 0. The van der Waals surface area contributed by atoms with Crippen LogP contribution in [0, 0.1) is 0 Å². The van der Waals surface area contributed by atoms with Gasteiger partial charge in [0.2, 0.25) is 5.95 Å². The Balaban J connectivity index is 2.11. The van der Waals surface area contributed by atoms with Crippen molar-refractivity contribution in [1.82, 2.24) is 9.97 Å². The molecule has 2 N–H and O–H groups in total. The Bertz CT molecular complexity index is 810. The van der Waals surface area contributed by atoms with E-state index in [1.165, 1.54) is 5.56 Å². The minimum absolute atomic E-state index is 0.268. The Morgan fingerprint density at radius 1 is 1.26 bits per heavy atom. The van der Waals surface area contributed by atoms with E-state index in [9.17, 15) is 4.79 Å². The molecular formula is C17H18N4OS. The molecule has 2 aliphatic rings. The van der Waals surface area contributed by atoms with Crippen molar-refractivity contribution < 1.29 is 4.79 Å². The number of carbonyl (C=O) groups is 1. The highest BCUT2D eigenvalue weighted by atomic mass is 32.1. The molecule has 3 rings (SSSR count). The molecule has 0 saturated carbocycles. The number of nitrogens with two attached hydrogens (primary N) is 1. The Morgan fingerprint density at radius 2 is 2.00 bits per heavy atom. The molecule has 1 aromatic rings. The first-order valence-electron chi connectivity index (χ1n) is 7.53. The fourth-order valence-electron chi connectivity index (χ4n) is 2.53. The van der Waals surface area contributed by atoms with Gasteiger partial charge in [-0.2, -0.15) is 0 Å². The first kappa shape index (κ1) is 15.4. The van der Waals surface area contributed by atoms with E-state index in [2.05, 4.69) is 21.4 Å². The Morgan fingerprint density at radius 3 is 2.70 bits per heavy atom. The van der Waals surface area contributed by atoms with Gasteiger partial charge in [-0.05, 0) is 36.4 Å². The van der Waals surface area contributed by atoms with Crippen molar-refractivity contribution in [3.63, 3.8) is 0 Å². The molecule has 1 aromatic heterocycles. The van der Waals surface area contributed by atoms with Gasteiger partial charge in [-0.1, -0.05) is 18.2 Å². The molecule has 0 bridgehead atoms. The zero-order valence-electron chi connectivity index (χ0n) is 13.1. The van der Waals surface area contributed by atoms with Crippen molar-refractivity contribution in [1.29, 1.82) is 0 Å². The topological polar surface area (TPSA) is 72.1 Å². The van der Waals surface area contributed by atoms with Crippen LogP contribution in [0.2, 0.25) is 0 Å². The van der Waals surface area contributed by atoms with E-state index in [0.717, 1.165) is 23.5 Å². The highest BCUT2D eigenvalue weighted by Gasteiger charge is 2.17. The number of anilines is 1. The summed E-state index contributed by atoms with van der Waals surface area (Å²) in [5.74, 6) is -0.00227. The number of fused-ring (bicyclic) bond motifs is 1. The fourth-order valence-corrected chi connectivity index (χ4v) is 3.47. The molecule has 0 atom stereocenters. The zero-order chi connectivity index (χ0) is 16.4. The first-order valence-corrected chi connectivity index (χ1v) is 8.41. The van der Waals surface area contributed by atoms with Crippen molar-refractivity contribution in [2.75, 3.05) is 18.0 Å². The lowest BCUT2D eigenvalue weighted by molar-refractivity contribution is 0.0996. The van der Waals surface area contributed by atoms with Gasteiger partial charge >= 0.3 is 0 Å². The maximum absolute atomic E-state index is 11.9. The minimum atomic E-state index is -0.536. The normalized spacial score (nSPS) is 10.9. The van der Waals surface area contributed by atoms with Gasteiger partial charge in [0.1, 0.15) is 5.69 Å². The maximum atomic E-state index is 11.9. The van der Waals surface area contributed by atoms with Crippen LogP contribution < -0.4 is 10.6 Å². The molecule has 1 amide bonds. The molecule has 6 heteroatoms. The van der Waals surface area contributed by atoms with Crippen LogP contribution in [-0.2, 0) is 0 Å². The van der Waals surface area contributed by atoms with Crippen molar-refractivity contribution in [2.45, 2.75) is 13.8 Å². The van der Waals surface area contributed by atoms with Gasteiger partial charge in [0.05, 0.1) is 0 Å². The predicted octanol–water partition coefficient (Wildman–Crippen LogP) is 3.26. The molecule has 1 aliphatic carbocycles. The second kappa shape index (κ2) is 6.34. The fraction of sp³-hybridized carbons (Fsp3) is 0.235. The molecule has 0 radical (unpaired) electrons. The van der Waals surface area contributed by atoms with Gasteiger partial charge in [0.15, 0.2) is 0 Å². The molecule has 118 valence electrons. The summed E-state index contributed by atoms with van der Waals surface area (Å²) in [5, 5.41) is 2.06. The number of aromatic nitrogens is 2. The molecule has 0 spiro atoms. The number of carbonyl (C=O) groups excluding carboxylic acids is 1. The van der Waals surface area contributed by atoms with Gasteiger partial charge in [-0.3, -0.25) is 4.79 Å². The molecule has 0 aromatic carbocycles. The quantitative estimate of drug-likeness (QED) is 0.781. The van der Waals surface area contributed by atoms with E-state index in [4.69, 9.17) is 5.73 Å². The Kier molecular flexibility index (Phi) is 4.25. The smallest absolute Gasteiger partial charge is 0.268 e. The average Bonchev–Trinajstić information content (AvgIpc) is 3.03. The number of primary amides is 1. The molecule has 0 fully saturated rings. The van der Waals surface area contributed by atoms with Crippen molar-refractivity contribution in [2.24, 2.45) is 5.73 Å². The molecular weight excluding hydrogens is 308 g/mol.